The smallest absolute Gasteiger partial charge is 0.0269 e. The molecule has 0 spiro atoms. The van der Waals surface area contributed by atoms with Crippen molar-refractivity contribution in [2.75, 3.05) is 11.6 Å². The van der Waals surface area contributed by atoms with Gasteiger partial charge in [0.15, 0.2) is 0 Å². The van der Waals surface area contributed by atoms with Crippen LogP contribution in [-0.2, 0) is 0 Å². The number of thioether (sulfide) groups is 1. The summed E-state index contributed by atoms with van der Waals surface area (Å²) in [5.41, 5.74) is 1.40. The Morgan fingerprint density at radius 2 is 2.00 bits per heavy atom. The zero-order valence-corrected chi connectivity index (χ0v) is 9.44. The molecule has 1 aromatic rings. The van der Waals surface area contributed by atoms with Crippen LogP contribution >= 0.6 is 23.4 Å². The van der Waals surface area contributed by atoms with Gasteiger partial charge >= 0.3 is 0 Å². The molecule has 0 saturated heterocycles. The number of hydrogen-bond acceptors (Lipinski definition) is 1. The van der Waals surface area contributed by atoms with Crippen LogP contribution < -0.4 is 0 Å². The minimum absolute atomic E-state index is 0.587. The summed E-state index contributed by atoms with van der Waals surface area (Å²) in [6.07, 6.45) is 1.10. The molecule has 1 atom stereocenters. The van der Waals surface area contributed by atoms with Crippen molar-refractivity contribution in [2.24, 2.45) is 0 Å². The lowest BCUT2D eigenvalue weighted by molar-refractivity contribution is 1.06. The van der Waals surface area contributed by atoms with Crippen molar-refractivity contribution in [3.63, 3.8) is 0 Å². The number of halogens is 1. The zero-order chi connectivity index (χ0) is 9.52. The van der Waals surface area contributed by atoms with E-state index in [0.29, 0.717) is 5.25 Å². The fourth-order valence-corrected chi connectivity index (χ4v) is 2.44. The topological polar surface area (TPSA) is 0 Å². The first kappa shape index (κ1) is 10.9. The van der Waals surface area contributed by atoms with Gasteiger partial charge in [-0.25, -0.2) is 0 Å². The quantitative estimate of drug-likeness (QED) is 0.525. The minimum Gasteiger partial charge on any atom is -0.154 e. The average molecular weight is 215 g/mol. The van der Waals surface area contributed by atoms with Crippen molar-refractivity contribution < 1.29 is 0 Å². The van der Waals surface area contributed by atoms with Crippen LogP contribution in [0.15, 0.2) is 30.3 Å². The van der Waals surface area contributed by atoms with E-state index >= 15 is 0 Å². The van der Waals surface area contributed by atoms with Crippen LogP contribution in [0, 0.1) is 0 Å². The monoisotopic (exact) mass is 214 g/mol. The molecule has 1 unspecified atom stereocenters. The van der Waals surface area contributed by atoms with E-state index in [4.69, 9.17) is 11.6 Å². The Labute approximate surface area is 89.7 Å². The Hall–Kier alpha value is -0.140. The Morgan fingerprint density at radius 3 is 2.62 bits per heavy atom. The second-order valence-corrected chi connectivity index (χ2v) is 4.79. The molecule has 0 N–H and O–H groups in total. The van der Waals surface area contributed by atoms with Crippen LogP contribution in [0.2, 0.25) is 0 Å². The molecule has 0 bridgehead atoms. The van der Waals surface area contributed by atoms with E-state index in [1.165, 1.54) is 5.56 Å². The lowest BCUT2D eigenvalue weighted by atomic mass is 10.2. The average Bonchev–Trinajstić information content (AvgIpc) is 2.19. The van der Waals surface area contributed by atoms with Crippen molar-refractivity contribution in [1.82, 2.24) is 0 Å². The van der Waals surface area contributed by atoms with Gasteiger partial charge in [-0.15, -0.1) is 11.6 Å². The lowest BCUT2D eigenvalue weighted by Crippen LogP contribution is -1.90. The molecular formula is C11H15ClS. The Morgan fingerprint density at radius 1 is 1.31 bits per heavy atom. The molecule has 0 aliphatic carbocycles. The molecule has 0 saturated carbocycles. The number of benzene rings is 1. The molecule has 0 aliphatic rings. The van der Waals surface area contributed by atoms with Gasteiger partial charge in [-0.3, -0.25) is 0 Å². The van der Waals surface area contributed by atoms with Gasteiger partial charge in [0.1, 0.15) is 0 Å². The summed E-state index contributed by atoms with van der Waals surface area (Å²) in [5, 5.41) is 0.587. The maximum absolute atomic E-state index is 5.62. The van der Waals surface area contributed by atoms with E-state index in [-0.39, 0.29) is 0 Å². The fourth-order valence-electron chi connectivity index (χ4n) is 1.13. The molecule has 13 heavy (non-hydrogen) atoms. The van der Waals surface area contributed by atoms with Crippen LogP contribution in [-0.4, -0.2) is 11.6 Å². The SMILES string of the molecule is CC(SCCCCl)c1ccccc1. The predicted molar refractivity (Wildman–Crippen MR) is 62.7 cm³/mol. The number of hydrogen-bond donors (Lipinski definition) is 0. The standard InChI is InChI=1S/C11H15ClS/c1-10(13-9-5-8-12)11-6-3-2-4-7-11/h2-4,6-7,10H,5,8-9H2,1H3. The van der Waals surface area contributed by atoms with Crippen LogP contribution in [0.3, 0.4) is 0 Å². The van der Waals surface area contributed by atoms with E-state index in [1.807, 2.05) is 11.8 Å². The highest BCUT2D eigenvalue weighted by Crippen LogP contribution is 2.28. The highest BCUT2D eigenvalue weighted by Gasteiger charge is 2.03. The molecule has 0 radical (unpaired) electrons. The third kappa shape index (κ3) is 4.06. The van der Waals surface area contributed by atoms with Gasteiger partial charge in [0.25, 0.3) is 0 Å². The van der Waals surface area contributed by atoms with Crippen molar-refractivity contribution in [1.29, 1.82) is 0 Å². The van der Waals surface area contributed by atoms with Gasteiger partial charge in [0.05, 0.1) is 0 Å². The maximum atomic E-state index is 5.62. The summed E-state index contributed by atoms with van der Waals surface area (Å²) in [4.78, 5) is 0. The molecule has 0 heterocycles. The van der Waals surface area contributed by atoms with E-state index in [2.05, 4.69) is 37.3 Å². The largest absolute Gasteiger partial charge is 0.154 e. The third-order valence-electron chi connectivity index (χ3n) is 1.91. The van der Waals surface area contributed by atoms with Crippen LogP contribution in [0.25, 0.3) is 0 Å². The zero-order valence-electron chi connectivity index (χ0n) is 7.87. The molecule has 0 amide bonds. The van der Waals surface area contributed by atoms with Crippen LogP contribution in [0.5, 0.6) is 0 Å². The fraction of sp³-hybridized carbons (Fsp3) is 0.455. The Kier molecular flexibility index (Phi) is 5.33. The van der Waals surface area contributed by atoms with Gasteiger partial charge in [-0.1, -0.05) is 30.3 Å². The van der Waals surface area contributed by atoms with Crippen molar-refractivity contribution in [3.8, 4) is 0 Å². The highest BCUT2D eigenvalue weighted by molar-refractivity contribution is 7.99. The molecule has 0 aliphatic heterocycles. The van der Waals surface area contributed by atoms with Gasteiger partial charge in [0.2, 0.25) is 0 Å². The molecule has 0 fully saturated rings. The summed E-state index contributed by atoms with van der Waals surface area (Å²) in [7, 11) is 0. The lowest BCUT2D eigenvalue weighted by Gasteiger charge is -2.10. The summed E-state index contributed by atoms with van der Waals surface area (Å²) < 4.78 is 0. The normalized spacial score (nSPS) is 12.8. The second kappa shape index (κ2) is 6.33. The summed E-state index contributed by atoms with van der Waals surface area (Å²) in [6, 6.07) is 10.6. The molecule has 0 nitrogen and oxygen atoms in total. The highest BCUT2D eigenvalue weighted by atomic mass is 35.5. The maximum Gasteiger partial charge on any atom is 0.0269 e. The Balaban J connectivity index is 2.35. The first-order valence-corrected chi connectivity index (χ1v) is 6.15. The molecule has 0 aromatic heterocycles. The van der Waals surface area contributed by atoms with E-state index < -0.39 is 0 Å². The molecule has 1 aromatic carbocycles. The summed E-state index contributed by atoms with van der Waals surface area (Å²) >= 11 is 7.59. The van der Waals surface area contributed by atoms with E-state index in [0.717, 1.165) is 18.1 Å². The van der Waals surface area contributed by atoms with Crippen LogP contribution in [0.1, 0.15) is 24.2 Å². The second-order valence-electron chi connectivity index (χ2n) is 2.97. The summed E-state index contributed by atoms with van der Waals surface area (Å²) in [5.74, 6) is 1.92. The number of alkyl halides is 1. The first-order chi connectivity index (χ1) is 6.34. The summed E-state index contributed by atoms with van der Waals surface area (Å²) in [6.45, 7) is 2.24. The van der Waals surface area contributed by atoms with Gasteiger partial charge in [-0.05, 0) is 24.7 Å². The molecule has 2 heteroatoms. The minimum atomic E-state index is 0.587. The van der Waals surface area contributed by atoms with Gasteiger partial charge in [0, 0.05) is 11.1 Å². The third-order valence-corrected chi connectivity index (χ3v) is 3.48. The van der Waals surface area contributed by atoms with Crippen molar-refractivity contribution in [2.45, 2.75) is 18.6 Å². The Bertz CT molecular complexity index is 223. The predicted octanol–water partition coefficient (Wildman–Crippen LogP) is 4.11. The molecule has 72 valence electrons. The first-order valence-electron chi connectivity index (χ1n) is 4.57. The van der Waals surface area contributed by atoms with E-state index in [1.54, 1.807) is 0 Å². The van der Waals surface area contributed by atoms with Crippen molar-refractivity contribution in [3.05, 3.63) is 35.9 Å². The molecule has 1 rings (SSSR count). The van der Waals surface area contributed by atoms with Crippen molar-refractivity contribution >= 4 is 23.4 Å². The molecular weight excluding hydrogens is 200 g/mol. The number of rotatable bonds is 5. The van der Waals surface area contributed by atoms with Gasteiger partial charge < -0.3 is 0 Å². The van der Waals surface area contributed by atoms with Gasteiger partial charge in [-0.2, -0.15) is 11.8 Å². The van der Waals surface area contributed by atoms with E-state index in [9.17, 15) is 0 Å². The van der Waals surface area contributed by atoms with Crippen LogP contribution in [0.4, 0.5) is 0 Å².